The highest BCUT2D eigenvalue weighted by Gasteiger charge is 2.24. The molecule has 1 heterocycles. The van der Waals surface area contributed by atoms with E-state index in [-0.39, 0.29) is 22.2 Å². The number of anilines is 1. The fourth-order valence-corrected chi connectivity index (χ4v) is 4.82. The van der Waals surface area contributed by atoms with Gasteiger partial charge >= 0.3 is 0 Å². The SMILES string of the molecule is COc1cc2ncc(S(=O)(=O)c3ccccc3)c(NCc3ccc(F)cc3)c2cc1OC. The molecule has 0 bridgehead atoms. The summed E-state index contributed by atoms with van der Waals surface area (Å²) >= 11 is 0. The van der Waals surface area contributed by atoms with Crippen LogP contribution in [0.1, 0.15) is 5.56 Å². The molecule has 0 radical (unpaired) electrons. The number of nitrogens with zero attached hydrogens (tertiary/aromatic N) is 1. The van der Waals surface area contributed by atoms with Crippen LogP contribution < -0.4 is 14.8 Å². The predicted octanol–water partition coefficient (Wildman–Crippen LogP) is 4.84. The maximum atomic E-state index is 13.4. The Morgan fingerprint density at radius 3 is 2.25 bits per heavy atom. The van der Waals surface area contributed by atoms with Crippen molar-refractivity contribution in [2.45, 2.75) is 16.3 Å². The molecule has 4 rings (SSSR count). The molecule has 8 heteroatoms. The second kappa shape index (κ2) is 8.84. The van der Waals surface area contributed by atoms with E-state index in [1.54, 1.807) is 42.5 Å². The third kappa shape index (κ3) is 4.09. The molecule has 0 aliphatic heterocycles. The number of aromatic nitrogens is 1. The van der Waals surface area contributed by atoms with Crippen molar-refractivity contribution < 1.29 is 22.3 Å². The number of sulfone groups is 1. The number of rotatable bonds is 7. The van der Waals surface area contributed by atoms with Crippen molar-refractivity contribution in [3.63, 3.8) is 0 Å². The number of pyridine rings is 1. The molecule has 0 saturated carbocycles. The van der Waals surface area contributed by atoms with Crippen LogP contribution in [0.15, 0.2) is 82.7 Å². The van der Waals surface area contributed by atoms with Gasteiger partial charge in [0, 0.05) is 24.2 Å². The van der Waals surface area contributed by atoms with Gasteiger partial charge in [0.15, 0.2) is 11.5 Å². The summed E-state index contributed by atoms with van der Waals surface area (Å²) in [4.78, 5) is 4.57. The van der Waals surface area contributed by atoms with Crippen molar-refractivity contribution >= 4 is 26.4 Å². The number of hydrogen-bond donors (Lipinski definition) is 1. The zero-order valence-electron chi connectivity index (χ0n) is 17.5. The molecule has 6 nitrogen and oxygen atoms in total. The van der Waals surface area contributed by atoms with Gasteiger partial charge in [0.05, 0.1) is 30.3 Å². The summed E-state index contributed by atoms with van der Waals surface area (Å²) in [5.74, 6) is 0.587. The highest BCUT2D eigenvalue weighted by molar-refractivity contribution is 7.91. The van der Waals surface area contributed by atoms with Crippen LogP contribution in [0.25, 0.3) is 10.9 Å². The van der Waals surface area contributed by atoms with Crippen molar-refractivity contribution in [2.24, 2.45) is 0 Å². The minimum absolute atomic E-state index is 0.0329. The fraction of sp³-hybridized carbons (Fsp3) is 0.125. The summed E-state index contributed by atoms with van der Waals surface area (Å²) < 4.78 is 50.9. The molecule has 3 aromatic carbocycles. The van der Waals surface area contributed by atoms with Gasteiger partial charge in [0.25, 0.3) is 0 Å². The van der Waals surface area contributed by atoms with Crippen LogP contribution in [0.5, 0.6) is 11.5 Å². The van der Waals surface area contributed by atoms with Crippen molar-refractivity contribution in [3.8, 4) is 11.5 Å². The van der Waals surface area contributed by atoms with Crippen LogP contribution in [-0.2, 0) is 16.4 Å². The standard InChI is InChI=1S/C24H21FN2O4S/c1-30-21-12-19-20(13-22(21)31-2)26-15-23(32(28,29)18-6-4-3-5-7-18)24(19)27-14-16-8-10-17(25)11-9-16/h3-13,15H,14H2,1-2H3,(H,26,27). The second-order valence-electron chi connectivity index (χ2n) is 7.02. The van der Waals surface area contributed by atoms with Crippen LogP contribution >= 0.6 is 0 Å². The maximum absolute atomic E-state index is 13.4. The Morgan fingerprint density at radius 2 is 1.59 bits per heavy atom. The lowest BCUT2D eigenvalue weighted by Gasteiger charge is -2.17. The number of methoxy groups -OCH3 is 2. The molecule has 0 aliphatic rings. The van der Waals surface area contributed by atoms with Crippen LogP contribution in [0.4, 0.5) is 10.1 Å². The zero-order valence-corrected chi connectivity index (χ0v) is 18.3. The lowest BCUT2D eigenvalue weighted by Crippen LogP contribution is -2.10. The Morgan fingerprint density at radius 1 is 0.938 bits per heavy atom. The van der Waals surface area contributed by atoms with Gasteiger partial charge in [-0.1, -0.05) is 30.3 Å². The van der Waals surface area contributed by atoms with Crippen LogP contribution in [0.3, 0.4) is 0 Å². The normalized spacial score (nSPS) is 11.3. The number of hydrogen-bond acceptors (Lipinski definition) is 6. The van der Waals surface area contributed by atoms with Crippen LogP contribution in [0, 0.1) is 5.82 Å². The molecule has 0 saturated heterocycles. The number of fused-ring (bicyclic) bond motifs is 1. The molecule has 1 N–H and O–H groups in total. The molecule has 0 amide bonds. The third-order valence-electron chi connectivity index (χ3n) is 5.06. The summed E-state index contributed by atoms with van der Waals surface area (Å²) in [6.07, 6.45) is 1.34. The largest absolute Gasteiger partial charge is 0.493 e. The topological polar surface area (TPSA) is 77.5 Å². The van der Waals surface area contributed by atoms with E-state index in [0.717, 1.165) is 5.56 Å². The Hall–Kier alpha value is -3.65. The predicted molar refractivity (Wildman–Crippen MR) is 120 cm³/mol. The molecule has 0 spiro atoms. The monoisotopic (exact) mass is 452 g/mol. The van der Waals surface area contributed by atoms with Crippen molar-refractivity contribution in [2.75, 3.05) is 19.5 Å². The van der Waals surface area contributed by atoms with E-state index in [4.69, 9.17) is 9.47 Å². The number of benzene rings is 3. The van der Waals surface area contributed by atoms with E-state index in [0.29, 0.717) is 28.1 Å². The molecule has 32 heavy (non-hydrogen) atoms. The minimum Gasteiger partial charge on any atom is -0.493 e. The Labute approximate surface area is 185 Å². The summed E-state index contributed by atoms with van der Waals surface area (Å²) in [7, 11) is -0.838. The molecular formula is C24H21FN2O4S. The first kappa shape index (κ1) is 21.6. The highest BCUT2D eigenvalue weighted by atomic mass is 32.2. The Kier molecular flexibility index (Phi) is 5.96. The highest BCUT2D eigenvalue weighted by Crippen LogP contribution is 2.38. The zero-order chi connectivity index (χ0) is 22.7. The average Bonchev–Trinajstić information content (AvgIpc) is 2.82. The van der Waals surface area contributed by atoms with Gasteiger partial charge < -0.3 is 14.8 Å². The molecule has 4 aromatic rings. The summed E-state index contributed by atoms with van der Waals surface area (Å²) in [5.41, 5.74) is 1.71. The molecule has 0 atom stereocenters. The van der Waals surface area contributed by atoms with Crippen LogP contribution in [-0.4, -0.2) is 27.6 Å². The first-order valence-electron chi connectivity index (χ1n) is 9.77. The van der Waals surface area contributed by atoms with E-state index < -0.39 is 9.84 Å². The molecule has 0 unspecified atom stereocenters. The quantitative estimate of drug-likeness (QED) is 0.433. The summed E-state index contributed by atoms with van der Waals surface area (Å²) in [6, 6.07) is 17.5. The van der Waals surface area contributed by atoms with Gasteiger partial charge in [-0.15, -0.1) is 0 Å². The summed E-state index contributed by atoms with van der Waals surface area (Å²) in [5, 5.41) is 3.78. The van der Waals surface area contributed by atoms with Crippen molar-refractivity contribution in [1.29, 1.82) is 0 Å². The first-order chi connectivity index (χ1) is 15.4. The lowest BCUT2D eigenvalue weighted by molar-refractivity contribution is 0.356. The molecular weight excluding hydrogens is 431 g/mol. The smallest absolute Gasteiger partial charge is 0.210 e. The van der Waals surface area contributed by atoms with Gasteiger partial charge in [0.2, 0.25) is 9.84 Å². The minimum atomic E-state index is -3.86. The lowest BCUT2D eigenvalue weighted by atomic mass is 10.1. The van der Waals surface area contributed by atoms with Crippen LogP contribution in [0.2, 0.25) is 0 Å². The second-order valence-corrected chi connectivity index (χ2v) is 8.94. The third-order valence-corrected chi connectivity index (χ3v) is 6.85. The maximum Gasteiger partial charge on any atom is 0.210 e. The van der Waals surface area contributed by atoms with Gasteiger partial charge in [0.1, 0.15) is 10.7 Å². The van der Waals surface area contributed by atoms with E-state index in [1.807, 2.05) is 0 Å². The fourth-order valence-electron chi connectivity index (χ4n) is 3.41. The van der Waals surface area contributed by atoms with Gasteiger partial charge in [-0.3, -0.25) is 4.98 Å². The Balaban J connectivity index is 1.90. The van der Waals surface area contributed by atoms with Gasteiger partial charge in [-0.05, 0) is 35.9 Å². The molecule has 164 valence electrons. The van der Waals surface area contributed by atoms with Gasteiger partial charge in [-0.25, -0.2) is 12.8 Å². The van der Waals surface area contributed by atoms with E-state index >= 15 is 0 Å². The molecule has 1 aromatic heterocycles. The van der Waals surface area contributed by atoms with Crippen molar-refractivity contribution in [3.05, 3.63) is 84.3 Å². The number of nitrogens with one attached hydrogen (secondary N) is 1. The Bertz CT molecular complexity index is 1360. The molecule has 0 aliphatic carbocycles. The van der Waals surface area contributed by atoms with E-state index in [1.165, 1.54) is 44.7 Å². The summed E-state index contributed by atoms with van der Waals surface area (Å²) in [6.45, 7) is 0.283. The average molecular weight is 453 g/mol. The van der Waals surface area contributed by atoms with E-state index in [9.17, 15) is 12.8 Å². The van der Waals surface area contributed by atoms with Gasteiger partial charge in [-0.2, -0.15) is 0 Å². The number of halogens is 1. The molecule has 0 fully saturated rings. The van der Waals surface area contributed by atoms with Crippen molar-refractivity contribution in [1.82, 2.24) is 4.98 Å². The first-order valence-corrected chi connectivity index (χ1v) is 11.3. The van der Waals surface area contributed by atoms with E-state index in [2.05, 4.69) is 10.3 Å². The number of ether oxygens (including phenoxy) is 2.